The molecule has 9 nitrogen and oxygen atoms in total. The number of hydrogen-bond donors (Lipinski definition) is 3. The number of amides is 3. The quantitative estimate of drug-likeness (QED) is 0.394. The lowest BCUT2D eigenvalue weighted by molar-refractivity contribution is -0.142. The first-order valence-corrected chi connectivity index (χ1v) is 15.5. The molecule has 2 aromatic rings. The molecule has 41 heavy (non-hydrogen) atoms. The number of aliphatic hydroxyl groups excluding tert-OH is 1. The average molecular weight is 579 g/mol. The summed E-state index contributed by atoms with van der Waals surface area (Å²) in [6.45, 7) is 3.93. The topological polar surface area (TPSA) is 111 Å². The Labute approximate surface area is 245 Å². The van der Waals surface area contributed by atoms with Gasteiger partial charge in [-0.05, 0) is 37.0 Å². The Balaban J connectivity index is 1.28. The Hall–Kier alpha value is -2.92. The highest BCUT2D eigenvalue weighted by molar-refractivity contribution is 8.02. The van der Waals surface area contributed by atoms with Crippen LogP contribution in [0.5, 0.6) is 0 Å². The van der Waals surface area contributed by atoms with Gasteiger partial charge < -0.3 is 25.4 Å². The fourth-order valence-corrected chi connectivity index (χ4v) is 9.43. The number of nitrogens with zero attached hydrogens (tertiary/aromatic N) is 2. The molecule has 1 spiro atoms. The molecular formula is C31H38N4O5S. The van der Waals surface area contributed by atoms with E-state index in [-0.39, 0.29) is 29.6 Å². The van der Waals surface area contributed by atoms with Gasteiger partial charge in [0.15, 0.2) is 0 Å². The zero-order valence-corrected chi connectivity index (χ0v) is 23.9. The molecule has 2 bridgehead atoms. The van der Waals surface area contributed by atoms with Crippen LogP contribution in [-0.2, 0) is 25.5 Å². The Morgan fingerprint density at radius 3 is 2.46 bits per heavy atom. The summed E-state index contributed by atoms with van der Waals surface area (Å²) in [7, 11) is 0. The number of carbonyl (C=O) groups excluding carboxylic acids is 3. The minimum Gasteiger partial charge on any atom is -0.394 e. The molecule has 4 heterocycles. The van der Waals surface area contributed by atoms with E-state index in [0.717, 1.165) is 25.1 Å². The van der Waals surface area contributed by atoms with E-state index in [1.54, 1.807) is 16.7 Å². The number of thioether (sulfide) groups is 1. The number of hydrogen-bond acceptors (Lipinski definition) is 7. The minimum atomic E-state index is -0.755. The van der Waals surface area contributed by atoms with Crippen LogP contribution in [0.3, 0.4) is 0 Å². The zero-order chi connectivity index (χ0) is 28.4. The molecule has 3 amide bonds. The highest BCUT2D eigenvalue weighted by atomic mass is 32.2. The summed E-state index contributed by atoms with van der Waals surface area (Å²) in [5, 5.41) is 16.7. The number of benzene rings is 2. The molecule has 6 atom stereocenters. The summed E-state index contributed by atoms with van der Waals surface area (Å²) in [6, 6.07) is 17.7. The third-order valence-corrected chi connectivity index (χ3v) is 11.0. The second-order valence-electron chi connectivity index (χ2n) is 11.4. The van der Waals surface area contributed by atoms with Crippen molar-refractivity contribution < 1.29 is 24.2 Å². The van der Waals surface area contributed by atoms with Crippen LogP contribution in [0, 0.1) is 11.8 Å². The maximum Gasteiger partial charge on any atom is 0.244 e. The smallest absolute Gasteiger partial charge is 0.244 e. The normalized spacial score (nSPS) is 29.8. The number of aliphatic hydroxyl groups is 1. The van der Waals surface area contributed by atoms with Crippen molar-refractivity contribution in [3.05, 3.63) is 66.2 Å². The number of morpholine rings is 1. The van der Waals surface area contributed by atoms with Crippen molar-refractivity contribution in [1.82, 2.24) is 15.1 Å². The maximum atomic E-state index is 14.4. The lowest BCUT2D eigenvalue weighted by Gasteiger charge is -2.37. The van der Waals surface area contributed by atoms with Crippen molar-refractivity contribution in [3.63, 3.8) is 0 Å². The first kappa shape index (κ1) is 28.2. The van der Waals surface area contributed by atoms with Crippen LogP contribution < -0.4 is 10.6 Å². The first-order chi connectivity index (χ1) is 20.0. The standard InChI is InChI=1S/C31H38N4O5S/c36-20-23(19-21-7-3-1-4-8-21)35-27(29(38)32-13-14-34-15-17-40-18-16-34)31-12-11-24(41-31)25(26(31)30(35)39)28(37)33-22-9-5-2-6-10-22/h1-10,23-27,36H,11-20H2,(H,32,38)(H,33,37)/t23-,24+,25-,26+,27?,31?/m1/s1. The second-order valence-corrected chi connectivity index (χ2v) is 13.0. The van der Waals surface area contributed by atoms with E-state index >= 15 is 0 Å². The minimum absolute atomic E-state index is 0.0276. The number of anilines is 1. The number of rotatable bonds is 10. The highest BCUT2D eigenvalue weighted by Crippen LogP contribution is 2.66. The van der Waals surface area contributed by atoms with E-state index in [9.17, 15) is 19.5 Å². The Morgan fingerprint density at radius 2 is 1.76 bits per heavy atom. The molecule has 2 aromatic carbocycles. The SMILES string of the molecule is O=C(NCCN1CCOCC1)C1N([C@@H](CO)Cc2ccccc2)C(=O)[C@@H]2[C@H](C(=O)Nc3ccccc3)[C@@H]3CCC12S3. The van der Waals surface area contributed by atoms with Gasteiger partial charge in [-0.1, -0.05) is 48.5 Å². The van der Waals surface area contributed by atoms with E-state index < -0.39 is 28.7 Å². The fourth-order valence-electron chi connectivity index (χ4n) is 7.23. The maximum absolute atomic E-state index is 14.4. The number of fused-ring (bicyclic) bond motifs is 1. The summed E-state index contributed by atoms with van der Waals surface area (Å²) >= 11 is 1.64. The predicted octanol–water partition coefficient (Wildman–Crippen LogP) is 1.77. The lowest BCUT2D eigenvalue weighted by atomic mass is 9.70. The summed E-state index contributed by atoms with van der Waals surface area (Å²) in [5.41, 5.74) is 1.67. The summed E-state index contributed by atoms with van der Waals surface area (Å²) in [5.74, 6) is -1.72. The van der Waals surface area contributed by atoms with Crippen LogP contribution in [0.2, 0.25) is 0 Å². The van der Waals surface area contributed by atoms with Crippen molar-refractivity contribution >= 4 is 35.2 Å². The van der Waals surface area contributed by atoms with Gasteiger partial charge in [0.25, 0.3) is 0 Å². The van der Waals surface area contributed by atoms with Crippen molar-refractivity contribution in [2.75, 3.05) is 51.3 Å². The Kier molecular flexibility index (Phi) is 8.35. The zero-order valence-electron chi connectivity index (χ0n) is 23.1. The van der Waals surface area contributed by atoms with Gasteiger partial charge in [0, 0.05) is 37.1 Å². The second kappa shape index (κ2) is 12.1. The molecule has 2 unspecified atom stereocenters. The van der Waals surface area contributed by atoms with Crippen LogP contribution in [0.1, 0.15) is 18.4 Å². The Bertz CT molecular complexity index is 1240. The van der Waals surface area contributed by atoms with Crippen LogP contribution in [-0.4, -0.2) is 101 Å². The molecule has 4 aliphatic heterocycles. The van der Waals surface area contributed by atoms with Crippen molar-refractivity contribution in [1.29, 1.82) is 0 Å². The number of ether oxygens (including phenoxy) is 1. The number of likely N-dealkylation sites (tertiary alicyclic amines) is 1. The van der Waals surface area contributed by atoms with Crippen LogP contribution >= 0.6 is 11.8 Å². The molecule has 6 rings (SSSR count). The fraction of sp³-hybridized carbons (Fsp3) is 0.516. The lowest BCUT2D eigenvalue weighted by Crippen LogP contribution is -2.57. The van der Waals surface area contributed by atoms with E-state index in [1.807, 2.05) is 60.7 Å². The van der Waals surface area contributed by atoms with Crippen molar-refractivity contribution in [2.24, 2.45) is 11.8 Å². The molecule has 0 radical (unpaired) electrons. The predicted molar refractivity (Wildman–Crippen MR) is 157 cm³/mol. The molecular weight excluding hydrogens is 540 g/mol. The van der Waals surface area contributed by atoms with Gasteiger partial charge in [0.1, 0.15) is 6.04 Å². The van der Waals surface area contributed by atoms with Crippen LogP contribution in [0.4, 0.5) is 5.69 Å². The van der Waals surface area contributed by atoms with Crippen LogP contribution in [0.25, 0.3) is 0 Å². The van der Waals surface area contributed by atoms with Gasteiger partial charge in [-0.25, -0.2) is 0 Å². The molecule has 4 aliphatic rings. The van der Waals surface area contributed by atoms with Gasteiger partial charge in [-0.3, -0.25) is 19.3 Å². The largest absolute Gasteiger partial charge is 0.394 e. The summed E-state index contributed by atoms with van der Waals surface area (Å²) in [4.78, 5) is 46.0. The third kappa shape index (κ3) is 5.38. The van der Waals surface area contributed by atoms with E-state index in [2.05, 4.69) is 15.5 Å². The van der Waals surface area contributed by atoms with E-state index in [1.165, 1.54) is 0 Å². The average Bonchev–Trinajstić information content (AvgIpc) is 3.65. The summed E-state index contributed by atoms with van der Waals surface area (Å²) < 4.78 is 4.74. The van der Waals surface area contributed by atoms with Crippen molar-refractivity contribution in [2.45, 2.75) is 41.3 Å². The highest BCUT2D eigenvalue weighted by Gasteiger charge is 2.74. The molecule has 0 saturated carbocycles. The Morgan fingerprint density at radius 1 is 1.05 bits per heavy atom. The summed E-state index contributed by atoms with van der Waals surface area (Å²) in [6.07, 6.45) is 1.89. The van der Waals surface area contributed by atoms with E-state index in [0.29, 0.717) is 44.8 Å². The molecule has 0 aliphatic carbocycles. The molecule has 4 saturated heterocycles. The van der Waals surface area contributed by atoms with Gasteiger partial charge in [0.05, 0.1) is 42.4 Å². The molecule has 3 N–H and O–H groups in total. The number of para-hydroxylation sites is 1. The van der Waals surface area contributed by atoms with Gasteiger partial charge >= 0.3 is 0 Å². The van der Waals surface area contributed by atoms with Gasteiger partial charge in [0.2, 0.25) is 17.7 Å². The molecule has 0 aromatic heterocycles. The van der Waals surface area contributed by atoms with E-state index in [4.69, 9.17) is 4.74 Å². The monoisotopic (exact) mass is 578 g/mol. The number of nitrogens with one attached hydrogen (secondary N) is 2. The van der Waals surface area contributed by atoms with Gasteiger partial charge in [-0.15, -0.1) is 11.8 Å². The number of carbonyl (C=O) groups is 3. The molecule has 218 valence electrons. The van der Waals surface area contributed by atoms with Crippen molar-refractivity contribution in [3.8, 4) is 0 Å². The molecule has 10 heteroatoms. The van der Waals surface area contributed by atoms with Gasteiger partial charge in [-0.2, -0.15) is 0 Å². The molecule has 4 fully saturated rings. The third-order valence-electron chi connectivity index (χ3n) is 9.08. The van der Waals surface area contributed by atoms with Crippen LogP contribution in [0.15, 0.2) is 60.7 Å². The first-order valence-electron chi connectivity index (χ1n) is 14.6.